The Morgan fingerprint density at radius 1 is 0.586 bits per heavy atom. The van der Waals surface area contributed by atoms with E-state index < -0.39 is 19.5 Å². The van der Waals surface area contributed by atoms with E-state index in [1.807, 2.05) is 41.5 Å². The monoisotopic (exact) mass is 436 g/mol. The van der Waals surface area contributed by atoms with Crippen molar-refractivity contribution in [2.45, 2.75) is 132 Å². The van der Waals surface area contributed by atoms with E-state index in [4.69, 9.17) is 9.05 Å². The Bertz CT molecular complexity index is 344. The lowest BCUT2D eigenvalue weighted by Crippen LogP contribution is -2.50. The van der Waals surface area contributed by atoms with Crippen LogP contribution in [-0.4, -0.2) is 41.9 Å². The predicted molar refractivity (Wildman–Crippen MR) is 130 cm³/mol. The van der Waals surface area contributed by atoms with Crippen molar-refractivity contribution in [2.24, 2.45) is 0 Å². The molecule has 0 aliphatic carbocycles. The minimum atomic E-state index is -2.35. The summed E-state index contributed by atoms with van der Waals surface area (Å²) in [6, 6.07) is 0. The zero-order valence-corrected chi connectivity index (χ0v) is 22.7. The van der Waals surface area contributed by atoms with Gasteiger partial charge in [-0.05, 0) is 67.2 Å². The quantitative estimate of drug-likeness (QED) is 0.204. The fourth-order valence-corrected chi connectivity index (χ4v) is 4.21. The van der Waals surface area contributed by atoms with Crippen LogP contribution in [0.15, 0.2) is 0 Å². The normalized spacial score (nSPS) is 12.8. The third-order valence-corrected chi connectivity index (χ3v) is 6.28. The van der Waals surface area contributed by atoms with Crippen molar-refractivity contribution in [2.75, 3.05) is 26.2 Å². The van der Waals surface area contributed by atoms with Gasteiger partial charge >= 0.3 is 8.25 Å². The highest BCUT2D eigenvalue weighted by molar-refractivity contribution is 7.33. The van der Waals surface area contributed by atoms with Crippen molar-refractivity contribution in [3.8, 4) is 0 Å². The van der Waals surface area contributed by atoms with Gasteiger partial charge in [-0.25, -0.2) is 0 Å². The van der Waals surface area contributed by atoms with Crippen LogP contribution >= 0.6 is 8.25 Å². The molecular weight excluding hydrogens is 381 g/mol. The first kappa shape index (κ1) is 31.3. The summed E-state index contributed by atoms with van der Waals surface area (Å²) < 4.78 is 22.9. The maximum atomic E-state index is 11.2. The number of hydrogen-bond acceptors (Lipinski definition) is 3. The largest absolute Gasteiger partial charge is 0.324 e. The maximum Gasteiger partial charge on any atom is 0.320 e. The standard InChI is InChI=1S/C16H36N.C8H19O3P/c1-5-9-13-17(14-10-6-2,15-11-7-3)16-12-8-4;1-7(2,3)10-12(9)11-8(4,5)6/h5-16H2,1-4H3;12H,1-6H3/q+1;. The molecule has 4 nitrogen and oxygen atoms in total. The minimum Gasteiger partial charge on any atom is -0.324 e. The van der Waals surface area contributed by atoms with E-state index in [-0.39, 0.29) is 0 Å². The number of quaternary nitrogens is 1. The minimum absolute atomic E-state index is 0.401. The van der Waals surface area contributed by atoms with E-state index in [0.29, 0.717) is 0 Å². The molecule has 29 heavy (non-hydrogen) atoms. The molecule has 0 aliphatic rings. The lowest BCUT2D eigenvalue weighted by atomic mass is 10.1. The van der Waals surface area contributed by atoms with Crippen LogP contribution < -0.4 is 0 Å². The molecule has 0 aromatic heterocycles. The van der Waals surface area contributed by atoms with Gasteiger partial charge in [0.1, 0.15) is 0 Å². The fourth-order valence-electron chi connectivity index (χ4n) is 3.17. The van der Waals surface area contributed by atoms with Crippen molar-refractivity contribution in [1.82, 2.24) is 0 Å². The Balaban J connectivity index is 0. The molecule has 0 rings (SSSR count). The molecule has 0 saturated heterocycles. The summed E-state index contributed by atoms with van der Waals surface area (Å²) in [5.74, 6) is 0. The van der Waals surface area contributed by atoms with Crippen LogP contribution in [0.5, 0.6) is 0 Å². The number of unbranched alkanes of at least 4 members (excludes halogenated alkanes) is 4. The maximum absolute atomic E-state index is 11.2. The van der Waals surface area contributed by atoms with Crippen LogP contribution in [0.2, 0.25) is 0 Å². The van der Waals surface area contributed by atoms with Gasteiger partial charge in [-0.15, -0.1) is 0 Å². The van der Waals surface area contributed by atoms with Gasteiger partial charge in [0.15, 0.2) is 0 Å². The van der Waals surface area contributed by atoms with Crippen molar-refractivity contribution in [3.05, 3.63) is 0 Å². The lowest BCUT2D eigenvalue weighted by Gasteiger charge is -2.39. The summed E-state index contributed by atoms with van der Waals surface area (Å²) in [5.41, 5.74) is -0.803. The van der Waals surface area contributed by atoms with Crippen molar-refractivity contribution >= 4 is 8.25 Å². The van der Waals surface area contributed by atoms with Crippen LogP contribution in [-0.2, 0) is 13.6 Å². The average Bonchev–Trinajstić information content (AvgIpc) is 2.58. The molecule has 0 aromatic carbocycles. The van der Waals surface area contributed by atoms with Gasteiger partial charge in [0.2, 0.25) is 0 Å². The van der Waals surface area contributed by atoms with Gasteiger partial charge < -0.3 is 13.5 Å². The van der Waals surface area contributed by atoms with Gasteiger partial charge in [-0.1, -0.05) is 53.4 Å². The molecule has 0 saturated carbocycles. The highest BCUT2D eigenvalue weighted by atomic mass is 31.1. The van der Waals surface area contributed by atoms with Gasteiger partial charge in [0.05, 0.1) is 37.4 Å². The Labute approximate surface area is 184 Å². The summed E-state index contributed by atoms with van der Waals surface area (Å²) in [4.78, 5) is 0. The molecular formula is C24H55NO3P+. The highest BCUT2D eigenvalue weighted by Crippen LogP contribution is 2.35. The van der Waals surface area contributed by atoms with Gasteiger partial charge in [-0.3, -0.25) is 4.57 Å². The van der Waals surface area contributed by atoms with Crippen molar-refractivity contribution in [3.63, 3.8) is 0 Å². The molecule has 0 heterocycles. The van der Waals surface area contributed by atoms with E-state index in [0.717, 1.165) is 0 Å². The first-order chi connectivity index (χ1) is 13.3. The number of hydrogen-bond donors (Lipinski definition) is 0. The van der Waals surface area contributed by atoms with Crippen LogP contribution in [0.3, 0.4) is 0 Å². The zero-order chi connectivity index (χ0) is 23.0. The molecule has 0 aliphatic heterocycles. The number of nitrogens with zero attached hydrogens (tertiary/aromatic N) is 1. The Morgan fingerprint density at radius 2 is 0.828 bits per heavy atom. The summed E-state index contributed by atoms with van der Waals surface area (Å²) >= 11 is 0. The molecule has 0 N–H and O–H groups in total. The van der Waals surface area contributed by atoms with Crippen LogP contribution in [0.4, 0.5) is 0 Å². The third kappa shape index (κ3) is 21.1. The van der Waals surface area contributed by atoms with E-state index in [1.54, 1.807) is 0 Å². The van der Waals surface area contributed by atoms with Crippen LogP contribution in [0, 0.1) is 0 Å². The first-order valence-corrected chi connectivity index (χ1v) is 13.3. The Morgan fingerprint density at radius 3 is 1.00 bits per heavy atom. The molecule has 0 unspecified atom stereocenters. The van der Waals surface area contributed by atoms with Crippen LogP contribution in [0.1, 0.15) is 121 Å². The van der Waals surface area contributed by atoms with Crippen molar-refractivity contribution in [1.29, 1.82) is 0 Å². The highest BCUT2D eigenvalue weighted by Gasteiger charge is 2.24. The molecule has 5 heteroatoms. The molecule has 0 radical (unpaired) electrons. The Kier molecular flexibility index (Phi) is 18.1. The van der Waals surface area contributed by atoms with E-state index in [1.165, 1.54) is 82.0 Å². The van der Waals surface area contributed by atoms with Gasteiger partial charge in [0, 0.05) is 0 Å². The van der Waals surface area contributed by atoms with Gasteiger partial charge in [-0.2, -0.15) is 0 Å². The fraction of sp³-hybridized carbons (Fsp3) is 1.00. The zero-order valence-electron chi connectivity index (χ0n) is 21.7. The van der Waals surface area contributed by atoms with E-state index in [9.17, 15) is 4.57 Å². The summed E-state index contributed by atoms with van der Waals surface area (Å²) in [6.45, 7) is 26.1. The summed E-state index contributed by atoms with van der Waals surface area (Å²) in [5, 5.41) is 0. The smallest absolute Gasteiger partial charge is 0.320 e. The van der Waals surface area contributed by atoms with Gasteiger partial charge in [0.25, 0.3) is 0 Å². The van der Waals surface area contributed by atoms with E-state index >= 15 is 0 Å². The lowest BCUT2D eigenvalue weighted by molar-refractivity contribution is -0.929. The molecule has 0 fully saturated rings. The molecule has 0 spiro atoms. The molecule has 0 atom stereocenters. The molecule has 0 aromatic rings. The summed E-state index contributed by atoms with van der Waals surface area (Å²) in [6.07, 6.45) is 11.1. The second-order valence-electron chi connectivity index (χ2n) is 10.3. The average molecular weight is 437 g/mol. The molecule has 0 amide bonds. The topological polar surface area (TPSA) is 35.5 Å². The van der Waals surface area contributed by atoms with Crippen LogP contribution in [0.25, 0.3) is 0 Å². The molecule has 178 valence electrons. The number of rotatable bonds is 14. The first-order valence-electron chi connectivity index (χ1n) is 12.1. The second-order valence-corrected chi connectivity index (χ2v) is 11.2. The third-order valence-electron chi connectivity index (χ3n) is 4.72. The SMILES string of the molecule is CC(C)(C)O[PH](=O)OC(C)(C)C.CCCC[N+](CCCC)(CCCC)CCCC. The van der Waals surface area contributed by atoms with Crippen molar-refractivity contribution < 1.29 is 18.1 Å². The second kappa shape index (κ2) is 16.8. The predicted octanol–water partition coefficient (Wildman–Crippen LogP) is 8.01. The summed E-state index contributed by atoms with van der Waals surface area (Å²) in [7, 11) is -2.35. The van der Waals surface area contributed by atoms with E-state index in [2.05, 4.69) is 27.7 Å². The Hall–Kier alpha value is 0.110. The molecule has 0 bridgehead atoms.